The molecule has 1 aromatic heterocycles. The second-order valence-electron chi connectivity index (χ2n) is 7.70. The number of piperazine rings is 2. The number of benzene rings is 1. The van der Waals surface area contributed by atoms with Gasteiger partial charge in [-0.05, 0) is 18.2 Å². The van der Waals surface area contributed by atoms with Gasteiger partial charge in [-0.2, -0.15) is 0 Å². The average Bonchev–Trinajstić information content (AvgIpc) is 2.80. The van der Waals surface area contributed by atoms with Gasteiger partial charge in [-0.1, -0.05) is 18.2 Å². The molecule has 2 aromatic rings. The van der Waals surface area contributed by atoms with Crippen molar-refractivity contribution in [2.45, 2.75) is 0 Å². The van der Waals surface area contributed by atoms with E-state index in [1.807, 2.05) is 35.4 Å². The monoisotopic (exact) mass is 397 g/mol. The van der Waals surface area contributed by atoms with Gasteiger partial charge in [0.15, 0.2) is 6.54 Å². The maximum atomic E-state index is 12.8. The van der Waals surface area contributed by atoms with Crippen LogP contribution in [0.5, 0.6) is 5.75 Å². The Bertz CT molecular complexity index is 800. The quantitative estimate of drug-likeness (QED) is 0.744. The highest BCUT2D eigenvalue weighted by molar-refractivity contribution is 5.77. The molecule has 7 nitrogen and oxygen atoms in total. The maximum absolute atomic E-state index is 12.8. The molecule has 1 aromatic carbocycles. The SMILES string of the molecule is COc1ccccc1N1CCN(C(=O)C[NH+]2CCN(c3cccc[nH+]3)CC2)CC1. The Balaban J connectivity index is 1.24. The van der Waals surface area contributed by atoms with Crippen LogP contribution in [0.1, 0.15) is 0 Å². The molecule has 2 saturated heterocycles. The van der Waals surface area contributed by atoms with Crippen LogP contribution in [0.25, 0.3) is 0 Å². The van der Waals surface area contributed by atoms with Crippen LogP contribution in [-0.2, 0) is 4.79 Å². The first-order chi connectivity index (χ1) is 14.2. The zero-order valence-corrected chi connectivity index (χ0v) is 17.1. The molecule has 0 saturated carbocycles. The molecular weight excluding hydrogens is 366 g/mol. The number of H-pyrrole nitrogens is 1. The van der Waals surface area contributed by atoms with Crippen LogP contribution in [0, 0.1) is 0 Å². The van der Waals surface area contributed by atoms with Gasteiger partial charge in [-0.3, -0.25) is 9.69 Å². The number of methoxy groups -OCH3 is 1. The summed E-state index contributed by atoms with van der Waals surface area (Å²) in [6.07, 6.45) is 1.96. The van der Waals surface area contributed by atoms with Crippen molar-refractivity contribution < 1.29 is 19.4 Å². The summed E-state index contributed by atoms with van der Waals surface area (Å²) < 4.78 is 5.48. The summed E-state index contributed by atoms with van der Waals surface area (Å²) in [5.41, 5.74) is 1.11. The van der Waals surface area contributed by atoms with Crippen molar-refractivity contribution in [3.63, 3.8) is 0 Å². The maximum Gasteiger partial charge on any atom is 0.277 e. The molecule has 154 valence electrons. The van der Waals surface area contributed by atoms with Crippen LogP contribution >= 0.6 is 0 Å². The fourth-order valence-corrected chi connectivity index (χ4v) is 4.23. The first-order valence-corrected chi connectivity index (χ1v) is 10.5. The van der Waals surface area contributed by atoms with E-state index in [2.05, 4.69) is 33.0 Å². The van der Waals surface area contributed by atoms with E-state index in [0.717, 1.165) is 69.6 Å². The lowest BCUT2D eigenvalue weighted by molar-refractivity contribution is -0.892. The van der Waals surface area contributed by atoms with Crippen LogP contribution in [0.2, 0.25) is 0 Å². The van der Waals surface area contributed by atoms with Crippen LogP contribution < -0.4 is 24.4 Å². The molecule has 0 bridgehead atoms. The minimum atomic E-state index is 0.277. The highest BCUT2D eigenvalue weighted by atomic mass is 16.5. The van der Waals surface area contributed by atoms with Gasteiger partial charge in [0.05, 0.1) is 19.0 Å². The number of carbonyl (C=O) groups excluding carboxylic acids is 1. The summed E-state index contributed by atoms with van der Waals surface area (Å²) in [5.74, 6) is 2.33. The lowest BCUT2D eigenvalue weighted by atomic mass is 10.2. The summed E-state index contributed by atoms with van der Waals surface area (Å²) in [4.78, 5) is 24.2. The van der Waals surface area contributed by atoms with Crippen molar-refractivity contribution in [2.75, 3.05) is 75.8 Å². The summed E-state index contributed by atoms with van der Waals surface area (Å²) in [6, 6.07) is 14.3. The summed E-state index contributed by atoms with van der Waals surface area (Å²) in [6.45, 7) is 7.78. The van der Waals surface area contributed by atoms with Gasteiger partial charge in [0.2, 0.25) is 0 Å². The molecule has 0 spiro atoms. The fourth-order valence-electron chi connectivity index (χ4n) is 4.23. The van der Waals surface area contributed by atoms with E-state index in [-0.39, 0.29) is 5.91 Å². The number of rotatable bonds is 5. The van der Waals surface area contributed by atoms with Crippen LogP contribution in [0.3, 0.4) is 0 Å². The van der Waals surface area contributed by atoms with Crippen molar-refractivity contribution in [1.29, 1.82) is 0 Å². The number of hydrogen-bond donors (Lipinski definition) is 1. The summed E-state index contributed by atoms with van der Waals surface area (Å²) in [7, 11) is 1.71. The number of quaternary nitrogens is 1. The molecule has 2 N–H and O–H groups in total. The van der Waals surface area contributed by atoms with Crippen molar-refractivity contribution in [3.05, 3.63) is 48.7 Å². The van der Waals surface area contributed by atoms with Crippen molar-refractivity contribution in [2.24, 2.45) is 0 Å². The second-order valence-corrected chi connectivity index (χ2v) is 7.70. The first kappa shape index (κ1) is 19.5. The topological polar surface area (TPSA) is 54.6 Å². The molecular formula is C22H31N5O2+2. The predicted molar refractivity (Wildman–Crippen MR) is 113 cm³/mol. The molecule has 0 radical (unpaired) electrons. The molecule has 2 fully saturated rings. The lowest BCUT2D eigenvalue weighted by Gasteiger charge is -2.37. The highest BCUT2D eigenvalue weighted by Gasteiger charge is 2.30. The van der Waals surface area contributed by atoms with E-state index in [0.29, 0.717) is 6.54 Å². The number of nitrogens with one attached hydrogen (secondary N) is 2. The Labute approximate surface area is 172 Å². The molecule has 0 unspecified atom stereocenters. The molecule has 0 atom stereocenters. The number of anilines is 2. The molecule has 3 heterocycles. The Morgan fingerprint density at radius 3 is 2.38 bits per heavy atom. The van der Waals surface area contributed by atoms with Crippen molar-refractivity contribution >= 4 is 17.4 Å². The van der Waals surface area contributed by atoms with Gasteiger partial charge in [-0.15, -0.1) is 0 Å². The van der Waals surface area contributed by atoms with Crippen molar-refractivity contribution in [1.82, 2.24) is 4.90 Å². The number of pyridine rings is 1. The second kappa shape index (κ2) is 9.13. The zero-order chi connectivity index (χ0) is 20.1. The highest BCUT2D eigenvalue weighted by Crippen LogP contribution is 2.28. The van der Waals surface area contributed by atoms with Gasteiger partial charge < -0.3 is 19.4 Å². The van der Waals surface area contributed by atoms with E-state index in [9.17, 15) is 4.79 Å². The van der Waals surface area contributed by atoms with Gasteiger partial charge in [0.25, 0.3) is 11.7 Å². The Kier molecular flexibility index (Phi) is 6.14. The van der Waals surface area contributed by atoms with E-state index in [4.69, 9.17) is 4.74 Å². The normalized spacial score (nSPS) is 18.0. The van der Waals surface area contributed by atoms with Crippen molar-refractivity contribution in [3.8, 4) is 5.75 Å². The first-order valence-electron chi connectivity index (χ1n) is 10.5. The van der Waals surface area contributed by atoms with Gasteiger partial charge in [0, 0.05) is 32.2 Å². The number of para-hydroxylation sites is 2. The van der Waals surface area contributed by atoms with Crippen LogP contribution in [0.15, 0.2) is 48.7 Å². The molecule has 0 aliphatic carbocycles. The lowest BCUT2D eigenvalue weighted by Crippen LogP contribution is -3.16. The molecule has 1 amide bonds. The third-order valence-electron chi connectivity index (χ3n) is 5.96. The number of aromatic amines is 1. The molecule has 7 heteroatoms. The third-order valence-corrected chi connectivity index (χ3v) is 5.96. The standard InChI is InChI=1S/C22H29N5O2/c1-29-20-7-3-2-6-19(20)25-14-16-27(17-15-25)22(28)18-24-10-12-26(13-11-24)21-8-4-5-9-23-21/h2-9H,10-18H2,1H3/p+2. The smallest absolute Gasteiger partial charge is 0.277 e. The number of carbonyl (C=O) groups is 1. The predicted octanol–water partition coefficient (Wildman–Crippen LogP) is -0.437. The van der Waals surface area contributed by atoms with Crippen LogP contribution in [0.4, 0.5) is 11.5 Å². The van der Waals surface area contributed by atoms with E-state index in [1.54, 1.807) is 7.11 Å². The van der Waals surface area contributed by atoms with Gasteiger partial charge in [0.1, 0.15) is 31.9 Å². The Morgan fingerprint density at radius 2 is 1.69 bits per heavy atom. The number of ether oxygens (including phenoxy) is 1. The van der Waals surface area contributed by atoms with E-state index < -0.39 is 0 Å². The molecule has 4 rings (SSSR count). The minimum Gasteiger partial charge on any atom is -0.495 e. The van der Waals surface area contributed by atoms with Crippen LogP contribution in [-0.4, -0.2) is 76.8 Å². The molecule has 29 heavy (non-hydrogen) atoms. The third kappa shape index (κ3) is 4.62. The van der Waals surface area contributed by atoms with E-state index in [1.165, 1.54) is 4.90 Å². The molecule has 2 aliphatic rings. The number of hydrogen-bond acceptors (Lipinski definition) is 4. The summed E-state index contributed by atoms with van der Waals surface area (Å²) >= 11 is 0. The Morgan fingerprint density at radius 1 is 0.966 bits per heavy atom. The minimum absolute atomic E-state index is 0.277. The molecule has 2 aliphatic heterocycles. The zero-order valence-electron chi connectivity index (χ0n) is 17.1. The average molecular weight is 398 g/mol. The number of amides is 1. The Hall–Kier alpha value is -2.80. The summed E-state index contributed by atoms with van der Waals surface area (Å²) in [5, 5.41) is 0. The number of aromatic nitrogens is 1. The fraction of sp³-hybridized carbons (Fsp3) is 0.455. The number of nitrogens with zero attached hydrogens (tertiary/aromatic N) is 3. The van der Waals surface area contributed by atoms with Gasteiger partial charge in [-0.25, -0.2) is 4.98 Å². The van der Waals surface area contributed by atoms with Gasteiger partial charge >= 0.3 is 0 Å². The van der Waals surface area contributed by atoms with E-state index >= 15 is 0 Å². The largest absolute Gasteiger partial charge is 0.495 e.